The minimum atomic E-state index is 0.185. The van der Waals surface area contributed by atoms with Crippen molar-refractivity contribution in [1.82, 2.24) is 4.90 Å². The van der Waals surface area contributed by atoms with E-state index in [1.165, 1.54) is 0 Å². The molecule has 108 valence electrons. The van der Waals surface area contributed by atoms with Crippen molar-refractivity contribution in [3.63, 3.8) is 0 Å². The Labute approximate surface area is 120 Å². The molecule has 1 aromatic carbocycles. The van der Waals surface area contributed by atoms with Crippen LogP contribution in [0.3, 0.4) is 0 Å². The molecule has 2 unspecified atom stereocenters. The number of rotatable bonds is 4. The summed E-state index contributed by atoms with van der Waals surface area (Å²) < 4.78 is 5.39. The van der Waals surface area contributed by atoms with Crippen molar-refractivity contribution in [3.8, 4) is 11.8 Å². The summed E-state index contributed by atoms with van der Waals surface area (Å²) in [5.41, 5.74) is 1.66. The normalized spacial score (nSPS) is 23.3. The van der Waals surface area contributed by atoms with Crippen LogP contribution in [0.4, 0.5) is 0 Å². The maximum atomic E-state index is 9.56. The zero-order valence-electron chi connectivity index (χ0n) is 12.2. The van der Waals surface area contributed by atoms with Crippen molar-refractivity contribution in [2.45, 2.75) is 44.8 Å². The largest absolute Gasteiger partial charge is 0.496 e. The van der Waals surface area contributed by atoms with Crippen molar-refractivity contribution in [2.75, 3.05) is 13.7 Å². The Bertz CT molecular complexity index is 496. The molecule has 0 aliphatic carbocycles. The van der Waals surface area contributed by atoms with Gasteiger partial charge in [-0.2, -0.15) is 5.26 Å². The van der Waals surface area contributed by atoms with Crippen LogP contribution >= 0.6 is 0 Å². The van der Waals surface area contributed by atoms with Gasteiger partial charge in [0.2, 0.25) is 0 Å². The number of methoxy groups -OCH3 is 1. The number of hydrogen-bond acceptors (Lipinski definition) is 4. The van der Waals surface area contributed by atoms with E-state index in [4.69, 9.17) is 10.00 Å². The number of aliphatic hydroxyl groups excluding tert-OH is 1. The summed E-state index contributed by atoms with van der Waals surface area (Å²) in [7, 11) is 1.65. The lowest BCUT2D eigenvalue weighted by atomic mass is 9.95. The van der Waals surface area contributed by atoms with Crippen LogP contribution in [-0.4, -0.2) is 35.8 Å². The fourth-order valence-corrected chi connectivity index (χ4v) is 2.99. The van der Waals surface area contributed by atoms with Crippen LogP contribution in [0, 0.1) is 11.3 Å². The average molecular weight is 274 g/mol. The molecule has 1 saturated heterocycles. The fraction of sp³-hybridized carbons (Fsp3) is 0.562. The van der Waals surface area contributed by atoms with Crippen LogP contribution in [0.5, 0.6) is 5.75 Å². The van der Waals surface area contributed by atoms with E-state index in [1.54, 1.807) is 13.2 Å². The first kappa shape index (κ1) is 14.8. The summed E-state index contributed by atoms with van der Waals surface area (Å²) in [4.78, 5) is 2.32. The number of likely N-dealkylation sites (tertiary alicyclic amines) is 1. The van der Waals surface area contributed by atoms with Gasteiger partial charge >= 0.3 is 0 Å². The Kier molecular flexibility index (Phi) is 4.99. The maximum absolute atomic E-state index is 9.56. The molecular formula is C16H22N2O2. The van der Waals surface area contributed by atoms with Gasteiger partial charge in [-0.25, -0.2) is 0 Å². The van der Waals surface area contributed by atoms with Gasteiger partial charge in [-0.15, -0.1) is 0 Å². The Morgan fingerprint density at radius 2 is 2.25 bits per heavy atom. The number of benzene rings is 1. The second kappa shape index (κ2) is 6.74. The lowest BCUT2D eigenvalue weighted by Crippen LogP contribution is -2.46. The number of ether oxygens (including phenoxy) is 1. The molecule has 0 bridgehead atoms. The Morgan fingerprint density at radius 3 is 2.90 bits per heavy atom. The van der Waals surface area contributed by atoms with Crippen LogP contribution in [-0.2, 0) is 6.54 Å². The predicted octanol–water partition coefficient (Wildman–Crippen LogP) is 2.30. The summed E-state index contributed by atoms with van der Waals surface area (Å²) in [6, 6.07) is 8.31. The van der Waals surface area contributed by atoms with E-state index in [2.05, 4.69) is 17.9 Å². The smallest absolute Gasteiger partial charge is 0.123 e. The standard InChI is InChI=1S/C16H22N2O2/c1-12-4-3-5-15(11-19)18(12)10-14-8-13(9-17)6-7-16(14)20-2/h6-8,12,15,19H,3-5,10-11H2,1-2H3. The average Bonchev–Trinajstić information content (AvgIpc) is 2.49. The molecule has 1 heterocycles. The van der Waals surface area contributed by atoms with Crippen molar-refractivity contribution in [3.05, 3.63) is 29.3 Å². The summed E-state index contributed by atoms with van der Waals surface area (Å²) in [5, 5.41) is 18.6. The van der Waals surface area contributed by atoms with Crippen LogP contribution < -0.4 is 4.74 Å². The van der Waals surface area contributed by atoms with Crippen molar-refractivity contribution in [1.29, 1.82) is 5.26 Å². The minimum Gasteiger partial charge on any atom is -0.496 e. The van der Waals surface area contributed by atoms with E-state index in [9.17, 15) is 5.11 Å². The third kappa shape index (κ3) is 3.12. The molecule has 1 aliphatic heterocycles. The highest BCUT2D eigenvalue weighted by atomic mass is 16.5. The van der Waals surface area contributed by atoms with Crippen molar-refractivity contribution >= 4 is 0 Å². The van der Waals surface area contributed by atoms with Gasteiger partial charge in [0.25, 0.3) is 0 Å². The van der Waals surface area contributed by atoms with Crippen LogP contribution in [0.1, 0.15) is 37.3 Å². The monoisotopic (exact) mass is 274 g/mol. The van der Waals surface area contributed by atoms with Gasteiger partial charge in [0.1, 0.15) is 5.75 Å². The van der Waals surface area contributed by atoms with Gasteiger partial charge in [-0.05, 0) is 38.0 Å². The van der Waals surface area contributed by atoms with Gasteiger partial charge in [-0.3, -0.25) is 4.90 Å². The first-order chi connectivity index (χ1) is 9.69. The van der Waals surface area contributed by atoms with E-state index in [0.29, 0.717) is 18.2 Å². The van der Waals surface area contributed by atoms with Gasteiger partial charge in [0.05, 0.1) is 25.3 Å². The molecule has 0 spiro atoms. The number of aliphatic hydroxyl groups is 1. The maximum Gasteiger partial charge on any atom is 0.123 e. The van der Waals surface area contributed by atoms with E-state index < -0.39 is 0 Å². The van der Waals surface area contributed by atoms with E-state index >= 15 is 0 Å². The number of hydrogen-bond donors (Lipinski definition) is 1. The number of nitrogens with zero attached hydrogens (tertiary/aromatic N) is 2. The molecule has 1 aromatic rings. The first-order valence-corrected chi connectivity index (χ1v) is 7.13. The zero-order chi connectivity index (χ0) is 14.5. The van der Waals surface area contributed by atoms with E-state index in [1.807, 2.05) is 12.1 Å². The van der Waals surface area contributed by atoms with Crippen LogP contribution in [0.15, 0.2) is 18.2 Å². The molecule has 1 fully saturated rings. The second-order valence-corrected chi connectivity index (χ2v) is 5.43. The summed E-state index contributed by atoms with van der Waals surface area (Å²) in [5.74, 6) is 0.804. The molecular weight excluding hydrogens is 252 g/mol. The molecule has 0 saturated carbocycles. The van der Waals surface area contributed by atoms with E-state index in [-0.39, 0.29) is 12.6 Å². The molecule has 4 heteroatoms. The lowest BCUT2D eigenvalue weighted by Gasteiger charge is -2.40. The number of nitriles is 1. The van der Waals surface area contributed by atoms with Crippen LogP contribution in [0.25, 0.3) is 0 Å². The summed E-state index contributed by atoms with van der Waals surface area (Å²) >= 11 is 0. The molecule has 0 amide bonds. The highest BCUT2D eigenvalue weighted by molar-refractivity contribution is 5.42. The molecule has 2 atom stereocenters. The summed E-state index contributed by atoms with van der Waals surface area (Å²) in [6.07, 6.45) is 3.34. The van der Waals surface area contributed by atoms with Crippen molar-refractivity contribution < 1.29 is 9.84 Å². The third-order valence-electron chi connectivity index (χ3n) is 4.17. The van der Waals surface area contributed by atoms with E-state index in [0.717, 1.165) is 30.6 Å². The number of piperidine rings is 1. The third-order valence-corrected chi connectivity index (χ3v) is 4.17. The Balaban J connectivity index is 2.25. The molecule has 0 aromatic heterocycles. The molecule has 1 N–H and O–H groups in total. The highest BCUT2D eigenvalue weighted by Gasteiger charge is 2.28. The summed E-state index contributed by atoms with van der Waals surface area (Å²) in [6.45, 7) is 3.10. The lowest BCUT2D eigenvalue weighted by molar-refractivity contribution is 0.0446. The van der Waals surface area contributed by atoms with Gasteiger partial charge in [0.15, 0.2) is 0 Å². The molecule has 4 nitrogen and oxygen atoms in total. The van der Waals surface area contributed by atoms with Gasteiger partial charge < -0.3 is 9.84 Å². The second-order valence-electron chi connectivity index (χ2n) is 5.43. The zero-order valence-corrected chi connectivity index (χ0v) is 12.2. The Morgan fingerprint density at radius 1 is 1.45 bits per heavy atom. The SMILES string of the molecule is COc1ccc(C#N)cc1CN1C(C)CCCC1CO. The fourth-order valence-electron chi connectivity index (χ4n) is 2.99. The minimum absolute atomic E-state index is 0.185. The topological polar surface area (TPSA) is 56.5 Å². The molecule has 0 radical (unpaired) electrons. The highest BCUT2D eigenvalue weighted by Crippen LogP contribution is 2.28. The molecule has 2 rings (SSSR count). The first-order valence-electron chi connectivity index (χ1n) is 7.13. The van der Waals surface area contributed by atoms with Crippen molar-refractivity contribution in [2.24, 2.45) is 0 Å². The molecule has 1 aliphatic rings. The van der Waals surface area contributed by atoms with Gasteiger partial charge in [0, 0.05) is 24.2 Å². The Hall–Kier alpha value is -1.57. The van der Waals surface area contributed by atoms with Crippen LogP contribution in [0.2, 0.25) is 0 Å². The predicted molar refractivity (Wildman–Crippen MR) is 77.4 cm³/mol. The molecule has 20 heavy (non-hydrogen) atoms. The quantitative estimate of drug-likeness (QED) is 0.915. The van der Waals surface area contributed by atoms with Gasteiger partial charge in [-0.1, -0.05) is 6.42 Å².